The monoisotopic (exact) mass is 334 g/mol. The van der Waals surface area contributed by atoms with Gasteiger partial charge in [0.1, 0.15) is 0 Å². The summed E-state index contributed by atoms with van der Waals surface area (Å²) in [6.45, 7) is 0. The molecule has 3 aromatic rings. The minimum Gasteiger partial charge on any atom is -0.296 e. The molecule has 120 valence electrons. The number of fused-ring (bicyclic) bond motifs is 5. The number of pyridine rings is 1. The smallest absolute Gasteiger partial charge is 0.0726 e. The number of hydrogen-bond acceptors (Lipinski definition) is 2. The molecule has 2 aliphatic rings. The van der Waals surface area contributed by atoms with E-state index in [2.05, 4.69) is 48.3 Å². The maximum atomic E-state index is 6.64. The Morgan fingerprint density at radius 3 is 2.71 bits per heavy atom. The predicted molar refractivity (Wildman–Crippen MR) is 99.4 cm³/mol. The first-order valence-corrected chi connectivity index (χ1v) is 9.00. The van der Waals surface area contributed by atoms with Crippen LogP contribution in [-0.2, 0) is 6.42 Å². The van der Waals surface area contributed by atoms with E-state index in [1.807, 2.05) is 12.1 Å². The van der Waals surface area contributed by atoms with Crippen molar-refractivity contribution in [3.05, 3.63) is 64.8 Å². The summed E-state index contributed by atoms with van der Waals surface area (Å²) in [6.07, 6.45) is 3.52. The van der Waals surface area contributed by atoms with Crippen molar-refractivity contribution in [2.24, 2.45) is 0 Å². The topological polar surface area (TPSA) is 16.1 Å². The van der Waals surface area contributed by atoms with E-state index in [0.29, 0.717) is 12.1 Å². The summed E-state index contributed by atoms with van der Waals surface area (Å²) in [7, 11) is 2.26. The van der Waals surface area contributed by atoms with Gasteiger partial charge in [0.05, 0.1) is 10.5 Å². The fourth-order valence-electron chi connectivity index (χ4n) is 4.59. The number of halogens is 1. The molecule has 2 nitrogen and oxygen atoms in total. The maximum Gasteiger partial charge on any atom is 0.0726 e. The van der Waals surface area contributed by atoms with Crippen LogP contribution < -0.4 is 0 Å². The Balaban J connectivity index is 1.92. The molecule has 0 aliphatic carbocycles. The molecule has 5 rings (SSSR count). The van der Waals surface area contributed by atoms with Gasteiger partial charge in [0.25, 0.3) is 0 Å². The first-order valence-electron chi connectivity index (χ1n) is 8.62. The molecule has 1 unspecified atom stereocenters. The Hall–Kier alpha value is -1.90. The lowest BCUT2D eigenvalue weighted by Crippen LogP contribution is -2.35. The number of benzene rings is 2. The van der Waals surface area contributed by atoms with Gasteiger partial charge in [-0.2, -0.15) is 0 Å². The predicted octanol–water partition coefficient (Wildman–Crippen LogP) is 5.25. The first kappa shape index (κ1) is 14.4. The van der Waals surface area contributed by atoms with Crippen molar-refractivity contribution in [3.8, 4) is 11.1 Å². The molecule has 24 heavy (non-hydrogen) atoms. The standard InChI is InChI=1S/C21H19ClN2/c1-24-14-10-11-18(24)21-17(12-14)23-16-9-5-8-15(22)20(16)19(21)13-6-3-2-4-7-13/h2-9,14,18H,10-12H2,1H3/t14?,18-/m0/s1. The molecule has 2 atom stereocenters. The normalized spacial score (nSPS) is 22.8. The van der Waals surface area contributed by atoms with E-state index in [4.69, 9.17) is 16.6 Å². The summed E-state index contributed by atoms with van der Waals surface area (Å²) in [6, 6.07) is 17.8. The Bertz CT molecular complexity index is 935. The van der Waals surface area contributed by atoms with Crippen LogP contribution in [0.2, 0.25) is 5.02 Å². The second kappa shape index (κ2) is 5.30. The van der Waals surface area contributed by atoms with E-state index >= 15 is 0 Å². The second-order valence-electron chi connectivity index (χ2n) is 6.96. The van der Waals surface area contributed by atoms with Crippen LogP contribution in [0.25, 0.3) is 22.0 Å². The summed E-state index contributed by atoms with van der Waals surface area (Å²) in [5.74, 6) is 0. The lowest BCUT2D eigenvalue weighted by molar-refractivity contribution is 0.223. The van der Waals surface area contributed by atoms with Crippen molar-refractivity contribution < 1.29 is 0 Å². The van der Waals surface area contributed by atoms with Gasteiger partial charge in [-0.25, -0.2) is 0 Å². The minimum atomic E-state index is 0.460. The number of aromatic nitrogens is 1. The summed E-state index contributed by atoms with van der Waals surface area (Å²) in [4.78, 5) is 7.57. The summed E-state index contributed by atoms with van der Waals surface area (Å²) in [5, 5.41) is 1.90. The third-order valence-electron chi connectivity index (χ3n) is 5.74. The molecule has 2 aliphatic heterocycles. The highest BCUT2D eigenvalue weighted by Crippen LogP contribution is 2.48. The number of rotatable bonds is 1. The fourth-order valence-corrected chi connectivity index (χ4v) is 4.85. The van der Waals surface area contributed by atoms with Crippen molar-refractivity contribution in [1.29, 1.82) is 0 Å². The zero-order chi connectivity index (χ0) is 16.3. The summed E-state index contributed by atoms with van der Waals surface area (Å²) >= 11 is 6.64. The Kier molecular flexibility index (Phi) is 3.19. The summed E-state index contributed by atoms with van der Waals surface area (Å²) < 4.78 is 0. The van der Waals surface area contributed by atoms with Crippen LogP contribution in [0.5, 0.6) is 0 Å². The van der Waals surface area contributed by atoms with Crippen molar-refractivity contribution >= 4 is 22.5 Å². The van der Waals surface area contributed by atoms with Crippen molar-refractivity contribution in [3.63, 3.8) is 0 Å². The highest BCUT2D eigenvalue weighted by atomic mass is 35.5. The fraction of sp³-hybridized carbons (Fsp3) is 0.286. The molecule has 0 N–H and O–H groups in total. The molecule has 1 saturated heterocycles. The zero-order valence-electron chi connectivity index (χ0n) is 13.7. The maximum absolute atomic E-state index is 6.64. The lowest BCUT2D eigenvalue weighted by atomic mass is 9.87. The molecule has 0 saturated carbocycles. The van der Waals surface area contributed by atoms with Crippen LogP contribution in [0.4, 0.5) is 0 Å². The van der Waals surface area contributed by atoms with Gasteiger partial charge in [0, 0.05) is 29.6 Å². The molecule has 0 spiro atoms. The SMILES string of the molecule is CN1C2CC[C@H]1c1c(nc3cccc(Cl)c3c1-c1ccccc1)C2. The van der Waals surface area contributed by atoms with Gasteiger partial charge in [-0.05, 0) is 48.7 Å². The van der Waals surface area contributed by atoms with E-state index in [-0.39, 0.29) is 0 Å². The van der Waals surface area contributed by atoms with Crippen LogP contribution in [0, 0.1) is 0 Å². The van der Waals surface area contributed by atoms with Gasteiger partial charge in [-0.15, -0.1) is 0 Å². The largest absolute Gasteiger partial charge is 0.296 e. The molecule has 3 heterocycles. The van der Waals surface area contributed by atoms with Crippen LogP contribution in [0.1, 0.15) is 30.1 Å². The molecule has 2 aromatic carbocycles. The van der Waals surface area contributed by atoms with E-state index in [1.54, 1.807) is 0 Å². The number of nitrogens with zero attached hydrogens (tertiary/aromatic N) is 2. The van der Waals surface area contributed by atoms with Crippen LogP contribution in [0.15, 0.2) is 48.5 Å². The number of hydrogen-bond donors (Lipinski definition) is 0. The van der Waals surface area contributed by atoms with E-state index in [1.165, 1.54) is 35.2 Å². The van der Waals surface area contributed by atoms with E-state index in [0.717, 1.165) is 22.3 Å². The average Bonchev–Trinajstić information content (AvgIpc) is 2.84. The van der Waals surface area contributed by atoms with Gasteiger partial charge in [0.2, 0.25) is 0 Å². The summed E-state index contributed by atoms with van der Waals surface area (Å²) in [5.41, 5.74) is 6.22. The molecule has 1 aromatic heterocycles. The van der Waals surface area contributed by atoms with Gasteiger partial charge in [0.15, 0.2) is 0 Å². The molecule has 3 heteroatoms. The number of likely N-dealkylation sites (N-methyl/N-ethyl adjacent to an activating group) is 1. The van der Waals surface area contributed by atoms with Crippen LogP contribution in [0.3, 0.4) is 0 Å². The average molecular weight is 335 g/mol. The minimum absolute atomic E-state index is 0.460. The van der Waals surface area contributed by atoms with Gasteiger partial charge >= 0.3 is 0 Å². The van der Waals surface area contributed by atoms with Crippen LogP contribution >= 0.6 is 11.6 Å². The van der Waals surface area contributed by atoms with Crippen molar-refractivity contribution in [2.75, 3.05) is 7.05 Å². The molecule has 0 amide bonds. The Morgan fingerprint density at radius 2 is 1.88 bits per heavy atom. The Morgan fingerprint density at radius 1 is 1.04 bits per heavy atom. The molecule has 2 bridgehead atoms. The zero-order valence-corrected chi connectivity index (χ0v) is 14.4. The molecule has 1 fully saturated rings. The molecule has 0 radical (unpaired) electrons. The van der Waals surface area contributed by atoms with Crippen molar-refractivity contribution in [1.82, 2.24) is 9.88 Å². The Labute approximate surface area is 147 Å². The molecular formula is C21H19ClN2. The third-order valence-corrected chi connectivity index (χ3v) is 6.06. The lowest BCUT2D eigenvalue weighted by Gasteiger charge is -2.34. The van der Waals surface area contributed by atoms with E-state index in [9.17, 15) is 0 Å². The quantitative estimate of drug-likeness (QED) is 0.604. The second-order valence-corrected chi connectivity index (χ2v) is 7.37. The van der Waals surface area contributed by atoms with Gasteiger partial charge in [-0.1, -0.05) is 48.0 Å². The van der Waals surface area contributed by atoms with Crippen LogP contribution in [-0.4, -0.2) is 23.0 Å². The van der Waals surface area contributed by atoms with Gasteiger partial charge in [-0.3, -0.25) is 9.88 Å². The van der Waals surface area contributed by atoms with E-state index < -0.39 is 0 Å². The highest BCUT2D eigenvalue weighted by molar-refractivity contribution is 6.36. The first-order chi connectivity index (χ1) is 11.7. The molecular weight excluding hydrogens is 316 g/mol. The highest BCUT2D eigenvalue weighted by Gasteiger charge is 2.40. The van der Waals surface area contributed by atoms with Gasteiger partial charge < -0.3 is 0 Å². The third kappa shape index (κ3) is 1.96. The van der Waals surface area contributed by atoms with Crippen molar-refractivity contribution in [2.45, 2.75) is 31.3 Å².